The molecule has 1 heterocycles. The third kappa shape index (κ3) is 2.19. The van der Waals surface area contributed by atoms with E-state index in [2.05, 4.69) is 57.1 Å². The van der Waals surface area contributed by atoms with Gasteiger partial charge in [-0.1, -0.05) is 36.4 Å². The fraction of sp³-hybridized carbons (Fsp3) is 0.200. The average Bonchev–Trinajstić information content (AvgIpc) is 3.14. The number of fused-ring (bicyclic) bond motifs is 1. The molecular weight excluding hydrogens is 254 g/mol. The van der Waals surface area contributed by atoms with Gasteiger partial charge in [0.1, 0.15) is 0 Å². The van der Waals surface area contributed by atoms with Crippen molar-refractivity contribution in [1.82, 2.24) is 9.36 Å². The maximum absolute atomic E-state index is 4.56. The van der Waals surface area contributed by atoms with E-state index < -0.39 is 0 Å². The largest absolute Gasteiger partial charge is 0.358 e. The Morgan fingerprint density at radius 1 is 1.05 bits per heavy atom. The molecule has 3 aromatic rings. The Balaban J connectivity index is 1.70. The van der Waals surface area contributed by atoms with Crippen LogP contribution in [0.15, 0.2) is 42.5 Å². The fourth-order valence-electron chi connectivity index (χ4n) is 2.13. The van der Waals surface area contributed by atoms with Crippen LogP contribution in [0, 0.1) is 0 Å². The molecule has 1 aliphatic carbocycles. The molecular formula is C15H13N3S. The number of nitrogens with zero attached hydrogens (tertiary/aromatic N) is 2. The molecule has 2 aromatic carbocycles. The van der Waals surface area contributed by atoms with Crippen LogP contribution in [0.4, 0.5) is 5.13 Å². The second kappa shape index (κ2) is 4.31. The molecule has 94 valence electrons. The van der Waals surface area contributed by atoms with Crippen molar-refractivity contribution in [3.8, 4) is 11.4 Å². The van der Waals surface area contributed by atoms with Crippen LogP contribution < -0.4 is 5.32 Å². The van der Waals surface area contributed by atoms with Gasteiger partial charge < -0.3 is 5.32 Å². The van der Waals surface area contributed by atoms with Gasteiger partial charge in [0, 0.05) is 23.1 Å². The minimum absolute atomic E-state index is 0.623. The summed E-state index contributed by atoms with van der Waals surface area (Å²) in [5, 5.41) is 6.80. The van der Waals surface area contributed by atoms with E-state index in [0.717, 1.165) is 16.5 Å². The van der Waals surface area contributed by atoms with Crippen molar-refractivity contribution >= 4 is 27.4 Å². The Morgan fingerprint density at radius 3 is 2.74 bits per heavy atom. The zero-order valence-corrected chi connectivity index (χ0v) is 11.2. The van der Waals surface area contributed by atoms with Crippen LogP contribution in [0.5, 0.6) is 0 Å². The first kappa shape index (κ1) is 10.9. The minimum atomic E-state index is 0.623. The zero-order valence-electron chi connectivity index (χ0n) is 10.3. The van der Waals surface area contributed by atoms with Gasteiger partial charge in [-0.25, -0.2) is 0 Å². The number of anilines is 1. The van der Waals surface area contributed by atoms with E-state index in [1.54, 1.807) is 0 Å². The predicted octanol–water partition coefficient (Wildman–Crippen LogP) is 3.93. The summed E-state index contributed by atoms with van der Waals surface area (Å²) in [6.07, 6.45) is 2.51. The fourth-order valence-corrected chi connectivity index (χ4v) is 2.80. The molecule has 4 heteroatoms. The van der Waals surface area contributed by atoms with Crippen molar-refractivity contribution < 1.29 is 0 Å². The van der Waals surface area contributed by atoms with Gasteiger partial charge in [0.25, 0.3) is 0 Å². The maximum atomic E-state index is 4.56. The predicted molar refractivity (Wildman–Crippen MR) is 79.5 cm³/mol. The van der Waals surface area contributed by atoms with Crippen LogP contribution in [0.1, 0.15) is 12.8 Å². The maximum Gasteiger partial charge on any atom is 0.203 e. The molecule has 0 atom stereocenters. The highest BCUT2D eigenvalue weighted by molar-refractivity contribution is 7.09. The van der Waals surface area contributed by atoms with Crippen LogP contribution in [0.3, 0.4) is 0 Å². The van der Waals surface area contributed by atoms with Gasteiger partial charge in [-0.2, -0.15) is 9.36 Å². The first-order valence-electron chi connectivity index (χ1n) is 6.48. The van der Waals surface area contributed by atoms with E-state index in [9.17, 15) is 0 Å². The van der Waals surface area contributed by atoms with E-state index in [0.29, 0.717) is 6.04 Å². The lowest BCUT2D eigenvalue weighted by Gasteiger charge is -2.00. The Morgan fingerprint density at radius 2 is 1.89 bits per heavy atom. The van der Waals surface area contributed by atoms with Gasteiger partial charge in [0.15, 0.2) is 5.82 Å². The quantitative estimate of drug-likeness (QED) is 0.781. The van der Waals surface area contributed by atoms with Crippen molar-refractivity contribution in [3.05, 3.63) is 42.5 Å². The van der Waals surface area contributed by atoms with Crippen molar-refractivity contribution in [2.45, 2.75) is 18.9 Å². The van der Waals surface area contributed by atoms with E-state index in [4.69, 9.17) is 0 Å². The molecule has 1 fully saturated rings. The Bertz CT molecular complexity index is 731. The molecule has 0 radical (unpaired) electrons. The smallest absolute Gasteiger partial charge is 0.203 e. The van der Waals surface area contributed by atoms with Crippen LogP contribution in [-0.2, 0) is 0 Å². The monoisotopic (exact) mass is 267 g/mol. The number of hydrogen-bond acceptors (Lipinski definition) is 4. The standard InChI is InChI=1S/C15H13N3S/c1-2-4-11-9-12(6-5-10(11)3-1)14-17-15(19-18-14)16-13-7-8-13/h1-6,9,13H,7-8H2,(H,16,17,18). The molecule has 0 aliphatic heterocycles. The van der Waals surface area contributed by atoms with Crippen molar-refractivity contribution in [3.63, 3.8) is 0 Å². The van der Waals surface area contributed by atoms with Crippen LogP contribution in [0.25, 0.3) is 22.2 Å². The molecule has 4 rings (SSSR count). The highest BCUT2D eigenvalue weighted by Gasteiger charge is 2.22. The molecule has 0 spiro atoms. The van der Waals surface area contributed by atoms with Gasteiger partial charge in [0.05, 0.1) is 0 Å². The Labute approximate surface area is 115 Å². The molecule has 19 heavy (non-hydrogen) atoms. The van der Waals surface area contributed by atoms with Gasteiger partial charge in [-0.15, -0.1) is 0 Å². The van der Waals surface area contributed by atoms with E-state index >= 15 is 0 Å². The van der Waals surface area contributed by atoms with Gasteiger partial charge >= 0.3 is 0 Å². The Hall–Kier alpha value is -1.94. The molecule has 0 amide bonds. The molecule has 0 saturated heterocycles. The third-order valence-corrected chi connectivity index (χ3v) is 3.98. The Kier molecular flexibility index (Phi) is 2.48. The summed E-state index contributed by atoms with van der Waals surface area (Å²) in [7, 11) is 0. The first-order valence-corrected chi connectivity index (χ1v) is 7.25. The summed E-state index contributed by atoms with van der Waals surface area (Å²) >= 11 is 1.45. The zero-order chi connectivity index (χ0) is 12.7. The number of rotatable bonds is 3. The lowest BCUT2D eigenvalue weighted by Crippen LogP contribution is -1.99. The summed E-state index contributed by atoms with van der Waals surface area (Å²) in [5.74, 6) is 0.818. The van der Waals surface area contributed by atoms with Crippen molar-refractivity contribution in [1.29, 1.82) is 0 Å². The highest BCUT2D eigenvalue weighted by Crippen LogP contribution is 2.28. The van der Waals surface area contributed by atoms with Gasteiger partial charge in [-0.05, 0) is 29.7 Å². The molecule has 1 saturated carbocycles. The number of benzene rings is 2. The average molecular weight is 267 g/mol. The highest BCUT2D eigenvalue weighted by atomic mass is 32.1. The summed E-state index contributed by atoms with van der Waals surface area (Å²) < 4.78 is 4.44. The van der Waals surface area contributed by atoms with Crippen LogP contribution in [0.2, 0.25) is 0 Å². The summed E-state index contributed by atoms with van der Waals surface area (Å²) in [6, 6.07) is 15.3. The number of aromatic nitrogens is 2. The molecule has 1 N–H and O–H groups in total. The molecule has 1 aromatic heterocycles. The number of nitrogens with one attached hydrogen (secondary N) is 1. The summed E-state index contributed by atoms with van der Waals surface area (Å²) in [5.41, 5.74) is 1.08. The molecule has 0 unspecified atom stereocenters. The normalized spacial score (nSPS) is 14.7. The van der Waals surface area contributed by atoms with Crippen molar-refractivity contribution in [2.24, 2.45) is 0 Å². The van der Waals surface area contributed by atoms with E-state index in [1.807, 2.05) is 0 Å². The summed E-state index contributed by atoms with van der Waals surface area (Å²) in [4.78, 5) is 4.56. The number of hydrogen-bond donors (Lipinski definition) is 1. The van der Waals surface area contributed by atoms with Crippen LogP contribution >= 0.6 is 11.5 Å². The van der Waals surface area contributed by atoms with E-state index in [-0.39, 0.29) is 0 Å². The SMILES string of the molecule is c1ccc2cc(-c3nsc(NC4CC4)n3)ccc2c1. The van der Waals surface area contributed by atoms with Gasteiger partial charge in [0.2, 0.25) is 5.13 Å². The first-order chi connectivity index (χ1) is 9.38. The van der Waals surface area contributed by atoms with Gasteiger partial charge in [-0.3, -0.25) is 0 Å². The lowest BCUT2D eigenvalue weighted by atomic mass is 10.1. The topological polar surface area (TPSA) is 37.8 Å². The molecule has 0 bridgehead atoms. The van der Waals surface area contributed by atoms with Crippen molar-refractivity contribution in [2.75, 3.05) is 5.32 Å². The van der Waals surface area contributed by atoms with Crippen LogP contribution in [-0.4, -0.2) is 15.4 Å². The third-order valence-electron chi connectivity index (χ3n) is 3.34. The summed E-state index contributed by atoms with van der Waals surface area (Å²) in [6.45, 7) is 0. The van der Waals surface area contributed by atoms with E-state index in [1.165, 1.54) is 35.1 Å². The molecule has 1 aliphatic rings. The molecule has 3 nitrogen and oxygen atoms in total. The lowest BCUT2D eigenvalue weighted by molar-refractivity contribution is 1.14. The second-order valence-electron chi connectivity index (χ2n) is 4.90. The minimum Gasteiger partial charge on any atom is -0.358 e. The second-order valence-corrected chi connectivity index (χ2v) is 5.66.